The van der Waals surface area contributed by atoms with Crippen molar-refractivity contribution in [2.75, 3.05) is 18.4 Å². The Labute approximate surface area is 184 Å². The maximum atomic E-state index is 13.1. The first kappa shape index (κ1) is 20.7. The lowest BCUT2D eigenvalue weighted by molar-refractivity contribution is -0.133. The van der Waals surface area contributed by atoms with Crippen LogP contribution in [0.15, 0.2) is 35.8 Å². The Morgan fingerprint density at radius 3 is 2.77 bits per heavy atom. The Hall–Kier alpha value is -2.58. The Kier molecular flexibility index (Phi) is 6.24. The number of aryl methyl sites for hydroxylation is 2. The molecule has 1 aliphatic heterocycles. The van der Waals surface area contributed by atoms with Gasteiger partial charge in [0.05, 0.1) is 23.0 Å². The molecule has 0 spiro atoms. The zero-order valence-corrected chi connectivity index (χ0v) is 18.7. The number of piperidine rings is 1. The maximum Gasteiger partial charge on any atom is 0.231 e. The molecule has 4 rings (SSSR count). The number of anilines is 1. The molecule has 0 radical (unpaired) electrons. The third-order valence-electron chi connectivity index (χ3n) is 5.25. The van der Waals surface area contributed by atoms with Crippen molar-refractivity contribution in [3.05, 3.63) is 51.3 Å². The molecule has 1 unspecified atom stereocenters. The fraction of sp³-hybridized carbons (Fsp3) is 0.364. The lowest BCUT2D eigenvalue weighted by Gasteiger charge is -2.32. The van der Waals surface area contributed by atoms with E-state index < -0.39 is 0 Å². The van der Waals surface area contributed by atoms with Crippen molar-refractivity contribution in [3.63, 3.8) is 0 Å². The number of hydrogen-bond acceptors (Lipinski definition) is 6. The van der Waals surface area contributed by atoms with E-state index in [0.29, 0.717) is 24.6 Å². The van der Waals surface area contributed by atoms with Crippen molar-refractivity contribution in [1.29, 1.82) is 0 Å². The van der Waals surface area contributed by atoms with E-state index >= 15 is 0 Å². The number of aromatic nitrogens is 2. The molecule has 156 valence electrons. The molecule has 3 heterocycles. The van der Waals surface area contributed by atoms with Gasteiger partial charge in [0, 0.05) is 35.1 Å². The van der Waals surface area contributed by atoms with Crippen LogP contribution in [0.1, 0.15) is 28.3 Å². The highest BCUT2D eigenvalue weighted by Crippen LogP contribution is 2.30. The quantitative estimate of drug-likeness (QED) is 0.642. The third-order valence-corrected chi connectivity index (χ3v) is 6.91. The van der Waals surface area contributed by atoms with Gasteiger partial charge in [-0.15, -0.1) is 22.7 Å². The SMILES string of the molecule is Cc1ccc(-c2nc(C)sc2CC(=O)N2CCCC(C(=O)Nc3nccs3)C2)cc1. The minimum absolute atomic E-state index is 0.0544. The molecule has 2 aromatic heterocycles. The summed E-state index contributed by atoms with van der Waals surface area (Å²) < 4.78 is 0. The third kappa shape index (κ3) is 4.76. The van der Waals surface area contributed by atoms with Gasteiger partial charge in [-0.3, -0.25) is 9.59 Å². The van der Waals surface area contributed by atoms with Crippen molar-refractivity contribution < 1.29 is 9.59 Å². The summed E-state index contributed by atoms with van der Waals surface area (Å²) in [4.78, 5) is 37.2. The Balaban J connectivity index is 1.44. The molecule has 0 saturated carbocycles. The second-order valence-corrected chi connectivity index (χ2v) is 9.74. The Morgan fingerprint density at radius 2 is 2.03 bits per heavy atom. The molecule has 0 aliphatic carbocycles. The van der Waals surface area contributed by atoms with Crippen LogP contribution < -0.4 is 5.32 Å². The van der Waals surface area contributed by atoms with Crippen molar-refractivity contribution >= 4 is 39.6 Å². The number of amides is 2. The summed E-state index contributed by atoms with van der Waals surface area (Å²) in [5.74, 6) is -0.207. The zero-order chi connectivity index (χ0) is 21.1. The summed E-state index contributed by atoms with van der Waals surface area (Å²) in [6, 6.07) is 8.23. The fourth-order valence-corrected chi connectivity index (χ4v) is 5.17. The highest BCUT2D eigenvalue weighted by Gasteiger charge is 2.29. The van der Waals surface area contributed by atoms with Crippen LogP contribution in [0.2, 0.25) is 0 Å². The van der Waals surface area contributed by atoms with Crippen molar-refractivity contribution in [1.82, 2.24) is 14.9 Å². The van der Waals surface area contributed by atoms with Gasteiger partial charge < -0.3 is 10.2 Å². The molecule has 1 aromatic carbocycles. The number of benzene rings is 1. The van der Waals surface area contributed by atoms with E-state index in [9.17, 15) is 9.59 Å². The van der Waals surface area contributed by atoms with E-state index in [1.807, 2.05) is 17.2 Å². The minimum Gasteiger partial charge on any atom is -0.342 e. The highest BCUT2D eigenvalue weighted by atomic mass is 32.1. The van der Waals surface area contributed by atoms with Crippen LogP contribution in [0.5, 0.6) is 0 Å². The summed E-state index contributed by atoms with van der Waals surface area (Å²) in [5.41, 5.74) is 3.12. The van der Waals surface area contributed by atoms with E-state index in [1.54, 1.807) is 17.5 Å². The summed E-state index contributed by atoms with van der Waals surface area (Å²) in [6.07, 6.45) is 3.60. The lowest BCUT2D eigenvalue weighted by atomic mass is 9.96. The van der Waals surface area contributed by atoms with E-state index in [1.165, 1.54) is 16.9 Å². The predicted molar refractivity (Wildman–Crippen MR) is 121 cm³/mol. The molecular weight excluding hydrogens is 416 g/mol. The molecule has 1 N–H and O–H groups in total. The summed E-state index contributed by atoms with van der Waals surface area (Å²) in [5, 5.41) is 6.24. The number of nitrogens with zero attached hydrogens (tertiary/aromatic N) is 3. The first-order chi connectivity index (χ1) is 14.5. The van der Waals surface area contributed by atoms with Gasteiger partial charge in [-0.2, -0.15) is 0 Å². The van der Waals surface area contributed by atoms with Crippen LogP contribution in [-0.4, -0.2) is 39.8 Å². The van der Waals surface area contributed by atoms with Crippen LogP contribution in [-0.2, 0) is 16.0 Å². The molecule has 0 bridgehead atoms. The monoisotopic (exact) mass is 440 g/mol. The number of nitrogens with one attached hydrogen (secondary N) is 1. The Bertz CT molecular complexity index is 1030. The number of thiazole rings is 2. The highest BCUT2D eigenvalue weighted by molar-refractivity contribution is 7.13. The van der Waals surface area contributed by atoms with Crippen LogP contribution in [0, 0.1) is 19.8 Å². The van der Waals surface area contributed by atoms with Gasteiger partial charge in [-0.25, -0.2) is 9.97 Å². The number of carbonyl (C=O) groups is 2. The Morgan fingerprint density at radius 1 is 1.23 bits per heavy atom. The van der Waals surface area contributed by atoms with Gasteiger partial charge in [0.2, 0.25) is 11.8 Å². The van der Waals surface area contributed by atoms with E-state index in [4.69, 9.17) is 0 Å². The predicted octanol–water partition coefficient (Wildman–Crippen LogP) is 4.30. The first-order valence-electron chi connectivity index (χ1n) is 10.0. The largest absolute Gasteiger partial charge is 0.342 e. The van der Waals surface area contributed by atoms with Crippen LogP contribution in [0.3, 0.4) is 0 Å². The average Bonchev–Trinajstić information content (AvgIpc) is 3.38. The second-order valence-electron chi connectivity index (χ2n) is 7.55. The molecule has 1 aliphatic rings. The first-order valence-corrected chi connectivity index (χ1v) is 11.7. The van der Waals surface area contributed by atoms with Crippen molar-refractivity contribution in [3.8, 4) is 11.3 Å². The smallest absolute Gasteiger partial charge is 0.231 e. The topological polar surface area (TPSA) is 75.2 Å². The van der Waals surface area contributed by atoms with Gasteiger partial charge in [0.25, 0.3) is 0 Å². The molecule has 8 heteroatoms. The van der Waals surface area contributed by atoms with Crippen molar-refractivity contribution in [2.45, 2.75) is 33.1 Å². The molecule has 1 atom stereocenters. The fourth-order valence-electron chi connectivity index (χ4n) is 3.69. The molecule has 30 heavy (non-hydrogen) atoms. The molecular formula is C22H24N4O2S2. The molecule has 3 aromatic rings. The number of rotatable bonds is 5. The van der Waals surface area contributed by atoms with Crippen LogP contribution in [0.25, 0.3) is 11.3 Å². The van der Waals surface area contributed by atoms with Crippen LogP contribution >= 0.6 is 22.7 Å². The van der Waals surface area contributed by atoms with Gasteiger partial charge in [-0.05, 0) is 26.7 Å². The normalized spacial score (nSPS) is 16.5. The average molecular weight is 441 g/mol. The lowest BCUT2D eigenvalue weighted by Crippen LogP contribution is -2.44. The number of carbonyl (C=O) groups excluding carboxylic acids is 2. The van der Waals surface area contributed by atoms with E-state index in [-0.39, 0.29) is 17.7 Å². The number of likely N-dealkylation sites (tertiary alicyclic amines) is 1. The minimum atomic E-state index is -0.202. The van der Waals surface area contributed by atoms with Gasteiger partial charge >= 0.3 is 0 Å². The van der Waals surface area contributed by atoms with Gasteiger partial charge in [0.15, 0.2) is 5.13 Å². The summed E-state index contributed by atoms with van der Waals surface area (Å²) in [6.45, 7) is 5.17. The summed E-state index contributed by atoms with van der Waals surface area (Å²) in [7, 11) is 0. The summed E-state index contributed by atoms with van der Waals surface area (Å²) >= 11 is 2.97. The van der Waals surface area contributed by atoms with E-state index in [0.717, 1.165) is 34.0 Å². The van der Waals surface area contributed by atoms with Gasteiger partial charge in [-0.1, -0.05) is 29.8 Å². The zero-order valence-electron chi connectivity index (χ0n) is 17.1. The maximum absolute atomic E-state index is 13.1. The molecule has 6 nitrogen and oxygen atoms in total. The van der Waals surface area contributed by atoms with Gasteiger partial charge in [0.1, 0.15) is 0 Å². The number of hydrogen-bond donors (Lipinski definition) is 1. The molecule has 1 saturated heterocycles. The van der Waals surface area contributed by atoms with Crippen LogP contribution in [0.4, 0.5) is 5.13 Å². The second kappa shape index (κ2) is 9.06. The van der Waals surface area contributed by atoms with Crippen molar-refractivity contribution in [2.24, 2.45) is 5.92 Å². The molecule has 1 fully saturated rings. The van der Waals surface area contributed by atoms with E-state index in [2.05, 4.69) is 46.5 Å². The molecule has 2 amide bonds. The standard InChI is InChI=1S/C22H24N4O2S2/c1-14-5-7-16(8-6-14)20-18(30-15(2)24-20)12-19(27)26-10-3-4-17(13-26)21(28)25-22-23-9-11-29-22/h5-9,11,17H,3-4,10,12-13H2,1-2H3,(H,23,25,28).